The minimum Gasteiger partial charge on any atom is -0.481 e. The lowest BCUT2D eigenvalue weighted by Crippen LogP contribution is -2.45. The number of carboxylic acid groups (broad SMARTS) is 1. The van der Waals surface area contributed by atoms with Crippen molar-refractivity contribution in [3.8, 4) is 0 Å². The highest BCUT2D eigenvalue weighted by atomic mass is 16.4. The highest BCUT2D eigenvalue weighted by Gasteiger charge is 2.29. The van der Waals surface area contributed by atoms with Crippen LogP contribution in [0.2, 0.25) is 0 Å². The van der Waals surface area contributed by atoms with Crippen molar-refractivity contribution < 1.29 is 14.7 Å². The van der Waals surface area contributed by atoms with Gasteiger partial charge in [-0.15, -0.1) is 0 Å². The molecule has 0 spiro atoms. The lowest BCUT2D eigenvalue weighted by molar-refractivity contribution is -0.138. The van der Waals surface area contributed by atoms with Gasteiger partial charge in [-0.05, 0) is 24.2 Å². The topological polar surface area (TPSA) is 66.4 Å². The van der Waals surface area contributed by atoms with Crippen LogP contribution < -0.4 is 5.32 Å². The number of aliphatic carboxylic acids is 1. The van der Waals surface area contributed by atoms with Crippen LogP contribution in [0.25, 0.3) is 0 Å². The average Bonchev–Trinajstić information content (AvgIpc) is 2.54. The molecule has 1 rings (SSSR count). The van der Waals surface area contributed by atoms with Gasteiger partial charge in [0.05, 0.1) is 6.42 Å². The first kappa shape index (κ1) is 17.0. The molecule has 0 bridgehead atoms. The van der Waals surface area contributed by atoms with Crippen molar-refractivity contribution in [3.63, 3.8) is 0 Å². The summed E-state index contributed by atoms with van der Waals surface area (Å²) < 4.78 is 0. The smallest absolute Gasteiger partial charge is 0.305 e. The number of carbonyl (C=O) groups excluding carboxylic acids is 1. The molecule has 0 heterocycles. The van der Waals surface area contributed by atoms with Gasteiger partial charge in [0.25, 0.3) is 0 Å². The molecule has 1 saturated carbocycles. The van der Waals surface area contributed by atoms with E-state index in [2.05, 4.69) is 5.32 Å². The zero-order valence-electron chi connectivity index (χ0n) is 13.1. The van der Waals surface area contributed by atoms with Gasteiger partial charge in [-0.1, -0.05) is 46.5 Å². The van der Waals surface area contributed by atoms with E-state index in [4.69, 9.17) is 5.11 Å². The standard InChI is InChI=1S/C16H29NO3/c1-16(2,3)13(11-15(19)20)17-14(18)10-12-8-6-4-5-7-9-12/h12-13H,4-11H2,1-3H3,(H,17,18)(H,19,20). The molecule has 116 valence electrons. The fourth-order valence-electron chi connectivity index (χ4n) is 2.83. The summed E-state index contributed by atoms with van der Waals surface area (Å²) in [7, 11) is 0. The Morgan fingerprint density at radius 1 is 1.15 bits per heavy atom. The van der Waals surface area contributed by atoms with Gasteiger partial charge in [0, 0.05) is 12.5 Å². The van der Waals surface area contributed by atoms with Gasteiger partial charge in [-0.2, -0.15) is 0 Å². The van der Waals surface area contributed by atoms with E-state index in [0.717, 1.165) is 12.8 Å². The van der Waals surface area contributed by atoms with Gasteiger partial charge in [-0.3, -0.25) is 9.59 Å². The average molecular weight is 283 g/mol. The Balaban J connectivity index is 2.50. The molecule has 1 aliphatic carbocycles. The maximum absolute atomic E-state index is 12.2. The first-order valence-electron chi connectivity index (χ1n) is 7.80. The molecule has 1 atom stereocenters. The van der Waals surface area contributed by atoms with Crippen molar-refractivity contribution in [2.24, 2.45) is 11.3 Å². The number of rotatable bonds is 5. The Labute approximate surface area is 122 Å². The molecule has 4 nitrogen and oxygen atoms in total. The molecule has 0 aromatic carbocycles. The Bertz CT molecular complexity index is 325. The summed E-state index contributed by atoms with van der Waals surface area (Å²) in [5.41, 5.74) is -0.239. The van der Waals surface area contributed by atoms with E-state index in [9.17, 15) is 9.59 Å². The van der Waals surface area contributed by atoms with Gasteiger partial charge >= 0.3 is 5.97 Å². The van der Waals surface area contributed by atoms with Crippen molar-refractivity contribution in [1.82, 2.24) is 5.32 Å². The van der Waals surface area contributed by atoms with E-state index in [1.807, 2.05) is 20.8 Å². The molecule has 0 saturated heterocycles. The van der Waals surface area contributed by atoms with Gasteiger partial charge in [0.1, 0.15) is 0 Å². The second kappa shape index (κ2) is 7.65. The van der Waals surface area contributed by atoms with Crippen molar-refractivity contribution in [2.75, 3.05) is 0 Å². The van der Waals surface area contributed by atoms with Crippen LogP contribution in [-0.2, 0) is 9.59 Å². The Kier molecular flexibility index (Phi) is 6.50. The summed E-state index contributed by atoms with van der Waals surface area (Å²) in [4.78, 5) is 23.1. The van der Waals surface area contributed by atoms with Crippen molar-refractivity contribution >= 4 is 11.9 Å². The third-order valence-corrected chi connectivity index (χ3v) is 4.21. The number of hydrogen-bond acceptors (Lipinski definition) is 2. The predicted octanol–water partition coefficient (Wildman–Crippen LogP) is 3.35. The van der Waals surface area contributed by atoms with Crippen LogP contribution in [0, 0.1) is 11.3 Å². The van der Waals surface area contributed by atoms with Gasteiger partial charge in [-0.25, -0.2) is 0 Å². The predicted molar refractivity (Wildman–Crippen MR) is 79.4 cm³/mol. The highest BCUT2D eigenvalue weighted by Crippen LogP contribution is 2.26. The van der Waals surface area contributed by atoms with Gasteiger partial charge in [0.2, 0.25) is 5.91 Å². The fourth-order valence-corrected chi connectivity index (χ4v) is 2.83. The van der Waals surface area contributed by atoms with Crippen LogP contribution >= 0.6 is 0 Å². The van der Waals surface area contributed by atoms with E-state index in [1.54, 1.807) is 0 Å². The minimum absolute atomic E-state index is 0.0121. The van der Waals surface area contributed by atoms with Crippen LogP contribution in [-0.4, -0.2) is 23.0 Å². The van der Waals surface area contributed by atoms with Crippen LogP contribution in [0.15, 0.2) is 0 Å². The summed E-state index contributed by atoms with van der Waals surface area (Å²) in [5.74, 6) is -0.374. The third kappa shape index (κ3) is 6.40. The van der Waals surface area contributed by atoms with Crippen LogP contribution in [0.1, 0.15) is 72.1 Å². The zero-order chi connectivity index (χ0) is 15.2. The normalized spacial score (nSPS) is 19.1. The quantitative estimate of drug-likeness (QED) is 0.760. The Hall–Kier alpha value is -1.06. The Morgan fingerprint density at radius 2 is 1.70 bits per heavy atom. The maximum atomic E-state index is 12.2. The molecule has 20 heavy (non-hydrogen) atoms. The molecular formula is C16H29NO3. The number of carbonyl (C=O) groups is 2. The number of carboxylic acids is 1. The van der Waals surface area contributed by atoms with E-state index >= 15 is 0 Å². The molecule has 1 aliphatic rings. The summed E-state index contributed by atoms with van der Waals surface area (Å²) >= 11 is 0. The molecular weight excluding hydrogens is 254 g/mol. The summed E-state index contributed by atoms with van der Waals surface area (Å²) in [5, 5.41) is 11.9. The van der Waals surface area contributed by atoms with Crippen LogP contribution in [0.3, 0.4) is 0 Å². The van der Waals surface area contributed by atoms with Crippen LogP contribution in [0.4, 0.5) is 0 Å². The summed E-state index contributed by atoms with van der Waals surface area (Å²) in [6.45, 7) is 5.89. The van der Waals surface area contributed by atoms with Gasteiger partial charge in [0.15, 0.2) is 0 Å². The molecule has 0 aromatic heterocycles. The summed E-state index contributed by atoms with van der Waals surface area (Å²) in [6, 6.07) is -0.307. The van der Waals surface area contributed by atoms with Gasteiger partial charge < -0.3 is 10.4 Å². The van der Waals surface area contributed by atoms with Crippen molar-refractivity contribution in [1.29, 1.82) is 0 Å². The second-order valence-corrected chi connectivity index (χ2v) is 7.15. The van der Waals surface area contributed by atoms with E-state index in [1.165, 1.54) is 25.7 Å². The van der Waals surface area contributed by atoms with Crippen molar-refractivity contribution in [2.45, 2.75) is 78.2 Å². The minimum atomic E-state index is -0.861. The molecule has 4 heteroatoms. The number of hydrogen-bond donors (Lipinski definition) is 2. The fraction of sp³-hybridized carbons (Fsp3) is 0.875. The van der Waals surface area contributed by atoms with E-state index in [-0.39, 0.29) is 23.8 Å². The molecule has 1 fully saturated rings. The van der Waals surface area contributed by atoms with E-state index in [0.29, 0.717) is 12.3 Å². The highest BCUT2D eigenvalue weighted by molar-refractivity contribution is 5.77. The zero-order valence-corrected chi connectivity index (χ0v) is 13.1. The molecule has 0 aromatic rings. The van der Waals surface area contributed by atoms with Crippen molar-refractivity contribution in [3.05, 3.63) is 0 Å². The Morgan fingerprint density at radius 3 is 2.15 bits per heavy atom. The lowest BCUT2D eigenvalue weighted by Gasteiger charge is -2.31. The molecule has 0 aliphatic heterocycles. The molecule has 1 unspecified atom stereocenters. The van der Waals surface area contributed by atoms with Crippen LogP contribution in [0.5, 0.6) is 0 Å². The second-order valence-electron chi connectivity index (χ2n) is 7.15. The largest absolute Gasteiger partial charge is 0.481 e. The maximum Gasteiger partial charge on any atom is 0.305 e. The van der Waals surface area contributed by atoms with E-state index < -0.39 is 5.97 Å². The number of amides is 1. The first-order chi connectivity index (χ1) is 9.29. The SMILES string of the molecule is CC(C)(C)C(CC(=O)O)NC(=O)CC1CCCCCC1. The molecule has 0 radical (unpaired) electrons. The monoisotopic (exact) mass is 283 g/mol. The molecule has 2 N–H and O–H groups in total. The number of nitrogens with one attached hydrogen (secondary N) is 1. The lowest BCUT2D eigenvalue weighted by atomic mass is 9.84. The molecule has 1 amide bonds. The third-order valence-electron chi connectivity index (χ3n) is 4.21. The first-order valence-corrected chi connectivity index (χ1v) is 7.80. The summed E-state index contributed by atoms with van der Waals surface area (Å²) in [6.07, 6.45) is 7.79.